The quantitative estimate of drug-likeness (QED) is 0.628. The predicted molar refractivity (Wildman–Crippen MR) is 53.2 cm³/mol. The van der Waals surface area contributed by atoms with Crippen LogP contribution >= 0.6 is 0 Å². The van der Waals surface area contributed by atoms with E-state index in [0.717, 1.165) is 11.1 Å². The summed E-state index contributed by atoms with van der Waals surface area (Å²) in [5, 5.41) is 0. The summed E-state index contributed by atoms with van der Waals surface area (Å²) in [4.78, 5) is 22.6. The molecule has 1 aromatic carbocycles. The zero-order valence-electron chi connectivity index (χ0n) is 7.91. The van der Waals surface area contributed by atoms with Crippen LogP contribution in [0, 0.1) is 0 Å². The number of rotatable bonds is 1. The number of benzene rings is 1. The van der Waals surface area contributed by atoms with Crippen molar-refractivity contribution < 1.29 is 9.59 Å². The highest BCUT2D eigenvalue weighted by molar-refractivity contribution is 6.15. The van der Waals surface area contributed by atoms with Crippen molar-refractivity contribution in [3.8, 4) is 0 Å². The number of hydrogen-bond acceptors (Lipinski definition) is 2. The van der Waals surface area contributed by atoms with Crippen LogP contribution in [0.15, 0.2) is 35.9 Å². The summed E-state index contributed by atoms with van der Waals surface area (Å²) in [6.45, 7) is 1.46. The van der Waals surface area contributed by atoms with Gasteiger partial charge in [-0.25, -0.2) is 0 Å². The van der Waals surface area contributed by atoms with Crippen LogP contribution in [0.5, 0.6) is 0 Å². The molecule has 0 amide bonds. The molecule has 1 aliphatic carbocycles. The predicted octanol–water partition coefficient (Wildman–Crippen LogP) is 1.94. The third-order valence-electron chi connectivity index (χ3n) is 2.31. The number of allylic oxidation sites excluding steroid dienone is 2. The van der Waals surface area contributed by atoms with Gasteiger partial charge in [-0.3, -0.25) is 9.59 Å². The Morgan fingerprint density at radius 3 is 2.71 bits per heavy atom. The molecular weight excluding hydrogens is 176 g/mol. The maximum absolute atomic E-state index is 11.7. The number of hydrogen-bond donors (Lipinski definition) is 0. The molecule has 14 heavy (non-hydrogen) atoms. The molecule has 2 nitrogen and oxygen atoms in total. The van der Waals surface area contributed by atoms with Gasteiger partial charge in [0.2, 0.25) is 0 Å². The minimum Gasteiger partial charge on any atom is -0.295 e. The van der Waals surface area contributed by atoms with Crippen molar-refractivity contribution in [2.75, 3.05) is 0 Å². The molecule has 2 heteroatoms. The first-order valence-corrected chi connectivity index (χ1v) is 4.52. The Kier molecular flexibility index (Phi) is 2.04. The first-order valence-electron chi connectivity index (χ1n) is 4.52. The Hall–Kier alpha value is -1.70. The third kappa shape index (κ3) is 1.39. The number of fused-ring (bicyclic) bond motifs is 1. The molecule has 2 rings (SSSR count). The van der Waals surface area contributed by atoms with Crippen molar-refractivity contribution in [2.45, 2.75) is 13.3 Å². The molecule has 0 aliphatic heterocycles. The fraction of sp³-hybridized carbons (Fsp3) is 0.167. The molecule has 70 valence electrons. The van der Waals surface area contributed by atoms with E-state index < -0.39 is 0 Å². The first-order chi connectivity index (χ1) is 6.68. The summed E-state index contributed by atoms with van der Waals surface area (Å²) in [5.41, 5.74) is 2.36. The van der Waals surface area contributed by atoms with Crippen LogP contribution < -0.4 is 0 Å². The molecule has 0 saturated carbocycles. The zero-order valence-corrected chi connectivity index (χ0v) is 7.91. The van der Waals surface area contributed by atoms with E-state index in [1.807, 2.05) is 18.2 Å². The van der Waals surface area contributed by atoms with Crippen LogP contribution in [0.25, 0.3) is 0 Å². The molecule has 0 bridgehead atoms. The van der Waals surface area contributed by atoms with Crippen LogP contribution in [-0.4, -0.2) is 11.6 Å². The van der Waals surface area contributed by atoms with Gasteiger partial charge in [-0.05, 0) is 18.6 Å². The summed E-state index contributed by atoms with van der Waals surface area (Å²) >= 11 is 0. The molecule has 0 aromatic heterocycles. The Morgan fingerprint density at radius 2 is 2.07 bits per heavy atom. The molecule has 0 radical (unpaired) electrons. The van der Waals surface area contributed by atoms with E-state index in [1.165, 1.54) is 13.0 Å². The third-order valence-corrected chi connectivity index (χ3v) is 2.31. The first kappa shape index (κ1) is 8.88. The van der Waals surface area contributed by atoms with E-state index >= 15 is 0 Å². The maximum Gasteiger partial charge on any atom is 0.189 e. The highest BCUT2D eigenvalue weighted by Gasteiger charge is 2.23. The number of ketones is 2. The minimum absolute atomic E-state index is 0.00389. The number of carbonyl (C=O) groups excluding carboxylic acids is 2. The number of carbonyl (C=O) groups is 2. The van der Waals surface area contributed by atoms with Crippen molar-refractivity contribution in [3.63, 3.8) is 0 Å². The molecule has 0 unspecified atom stereocenters. The monoisotopic (exact) mass is 186 g/mol. The van der Waals surface area contributed by atoms with Gasteiger partial charge in [-0.1, -0.05) is 24.3 Å². The average molecular weight is 186 g/mol. The van der Waals surface area contributed by atoms with Gasteiger partial charge >= 0.3 is 0 Å². The van der Waals surface area contributed by atoms with Crippen molar-refractivity contribution in [3.05, 3.63) is 47.0 Å². The Labute approximate surface area is 82.2 Å². The molecule has 1 aromatic rings. The van der Waals surface area contributed by atoms with Crippen molar-refractivity contribution in [2.24, 2.45) is 0 Å². The largest absolute Gasteiger partial charge is 0.295 e. The molecule has 0 atom stereocenters. The average Bonchev–Trinajstić information content (AvgIpc) is 2.44. The van der Waals surface area contributed by atoms with Gasteiger partial charge in [-0.15, -0.1) is 0 Å². The standard InChI is InChI=1S/C12H10O2/c1-8(13)6-10-7-9-4-2-3-5-11(9)12(10)14/h2-6H,7H2,1H3/b10-6-. The van der Waals surface area contributed by atoms with Crippen LogP contribution in [-0.2, 0) is 11.2 Å². The Bertz CT molecular complexity index is 441. The van der Waals surface area contributed by atoms with Crippen LogP contribution in [0.4, 0.5) is 0 Å². The van der Waals surface area contributed by atoms with Gasteiger partial charge in [0.05, 0.1) is 0 Å². The number of Topliss-reactive ketones (excluding diaryl/α,β-unsaturated/α-hetero) is 1. The normalized spacial score (nSPS) is 17.2. The second-order valence-electron chi connectivity index (χ2n) is 3.44. The summed E-state index contributed by atoms with van der Waals surface area (Å²) in [7, 11) is 0. The SMILES string of the molecule is CC(=O)/C=C1/Cc2ccccc2C1=O. The van der Waals surface area contributed by atoms with Crippen LogP contribution in [0.1, 0.15) is 22.8 Å². The van der Waals surface area contributed by atoms with Crippen molar-refractivity contribution in [1.82, 2.24) is 0 Å². The lowest BCUT2D eigenvalue weighted by molar-refractivity contribution is -0.112. The fourth-order valence-corrected chi connectivity index (χ4v) is 1.72. The van der Waals surface area contributed by atoms with E-state index in [1.54, 1.807) is 6.07 Å². The smallest absolute Gasteiger partial charge is 0.189 e. The van der Waals surface area contributed by atoms with Crippen molar-refractivity contribution >= 4 is 11.6 Å². The highest BCUT2D eigenvalue weighted by Crippen LogP contribution is 2.25. The van der Waals surface area contributed by atoms with Gasteiger partial charge in [0.15, 0.2) is 11.6 Å². The summed E-state index contributed by atoms with van der Waals surface area (Å²) in [6.07, 6.45) is 2.02. The van der Waals surface area contributed by atoms with Gasteiger partial charge < -0.3 is 0 Å². The molecular formula is C12H10O2. The Balaban J connectivity index is 2.44. The lowest BCUT2D eigenvalue weighted by Gasteiger charge is -1.91. The topological polar surface area (TPSA) is 34.1 Å². The van der Waals surface area contributed by atoms with Gasteiger partial charge in [0.1, 0.15) is 0 Å². The maximum atomic E-state index is 11.7. The lowest BCUT2D eigenvalue weighted by atomic mass is 10.1. The Morgan fingerprint density at radius 1 is 1.36 bits per heavy atom. The second-order valence-corrected chi connectivity index (χ2v) is 3.44. The molecule has 0 heterocycles. The molecule has 0 spiro atoms. The van der Waals surface area contributed by atoms with E-state index in [9.17, 15) is 9.59 Å². The highest BCUT2D eigenvalue weighted by atomic mass is 16.1. The van der Waals surface area contributed by atoms with E-state index in [-0.39, 0.29) is 11.6 Å². The summed E-state index contributed by atoms with van der Waals surface area (Å²) in [6, 6.07) is 7.48. The zero-order chi connectivity index (χ0) is 10.1. The fourth-order valence-electron chi connectivity index (χ4n) is 1.72. The van der Waals surface area contributed by atoms with Gasteiger partial charge in [-0.2, -0.15) is 0 Å². The van der Waals surface area contributed by atoms with E-state index in [2.05, 4.69) is 0 Å². The molecule has 0 N–H and O–H groups in total. The van der Waals surface area contributed by atoms with Gasteiger partial charge in [0, 0.05) is 17.6 Å². The molecule has 0 saturated heterocycles. The molecule has 1 aliphatic rings. The minimum atomic E-state index is -0.0684. The second kappa shape index (κ2) is 3.22. The summed E-state index contributed by atoms with van der Waals surface area (Å²) < 4.78 is 0. The summed E-state index contributed by atoms with van der Waals surface area (Å²) in [5.74, 6) is -0.0723. The van der Waals surface area contributed by atoms with E-state index in [4.69, 9.17) is 0 Å². The molecule has 0 fully saturated rings. The van der Waals surface area contributed by atoms with Gasteiger partial charge in [0.25, 0.3) is 0 Å². The van der Waals surface area contributed by atoms with Crippen LogP contribution in [0.2, 0.25) is 0 Å². The van der Waals surface area contributed by atoms with Crippen LogP contribution in [0.3, 0.4) is 0 Å². The lowest BCUT2D eigenvalue weighted by Crippen LogP contribution is -1.97. The van der Waals surface area contributed by atoms with Crippen molar-refractivity contribution in [1.29, 1.82) is 0 Å². The van der Waals surface area contributed by atoms with E-state index in [0.29, 0.717) is 12.0 Å².